The summed E-state index contributed by atoms with van der Waals surface area (Å²) in [5.74, 6) is 0. The van der Waals surface area contributed by atoms with Gasteiger partial charge in [0.25, 0.3) is 5.69 Å². The maximum atomic E-state index is 10.5. The molecule has 0 radical (unpaired) electrons. The molecule has 0 spiro atoms. The predicted molar refractivity (Wildman–Crippen MR) is 103 cm³/mol. The summed E-state index contributed by atoms with van der Waals surface area (Å²) in [6, 6.07) is 12.4. The van der Waals surface area contributed by atoms with Crippen molar-refractivity contribution in [2.24, 2.45) is 10.2 Å². The third-order valence-electron chi connectivity index (χ3n) is 3.18. The second-order valence-corrected chi connectivity index (χ2v) is 5.22. The third-order valence-corrected chi connectivity index (χ3v) is 3.18. The lowest BCUT2D eigenvalue weighted by molar-refractivity contribution is -0.385. The zero-order valence-corrected chi connectivity index (χ0v) is 14.8. The van der Waals surface area contributed by atoms with E-state index in [-0.39, 0.29) is 5.69 Å². The first-order valence-electron chi connectivity index (χ1n) is 7.74. The van der Waals surface area contributed by atoms with Crippen LogP contribution in [0.2, 0.25) is 0 Å². The first kappa shape index (κ1) is 21.2. The molecule has 0 aliphatic heterocycles. The zero-order chi connectivity index (χ0) is 20.1. The van der Waals surface area contributed by atoms with E-state index in [4.69, 9.17) is 0 Å². The van der Waals surface area contributed by atoms with Crippen molar-refractivity contribution in [3.63, 3.8) is 0 Å². The summed E-state index contributed by atoms with van der Waals surface area (Å²) in [5, 5.41) is 17.7. The number of hydrazone groups is 2. The highest BCUT2D eigenvalue weighted by Crippen LogP contribution is 2.17. The minimum absolute atomic E-state index is 0.0653. The van der Waals surface area contributed by atoms with E-state index in [0.717, 1.165) is 5.56 Å². The van der Waals surface area contributed by atoms with E-state index in [0.29, 0.717) is 23.9 Å². The highest BCUT2D eigenvalue weighted by molar-refractivity contribution is 5.81. The van der Waals surface area contributed by atoms with Crippen LogP contribution in [0, 0.1) is 24.0 Å². The number of hydrogen-bond donors (Lipinski definition) is 2. The molecule has 27 heavy (non-hydrogen) atoms. The van der Waals surface area contributed by atoms with Crippen molar-refractivity contribution in [3.05, 3.63) is 74.8 Å². The number of hydrogen-bond acceptors (Lipinski definition) is 6. The van der Waals surface area contributed by atoms with Gasteiger partial charge < -0.3 is 0 Å². The molecule has 9 nitrogen and oxygen atoms in total. The van der Waals surface area contributed by atoms with Gasteiger partial charge in [0, 0.05) is 11.6 Å². The average molecular weight is 369 g/mol. The van der Waals surface area contributed by atoms with Crippen LogP contribution in [0.25, 0.3) is 0 Å². The number of carbonyl (C=O) groups excluding carboxylic acids is 2. The van der Waals surface area contributed by atoms with Crippen LogP contribution in [0.3, 0.4) is 0 Å². The van der Waals surface area contributed by atoms with Crippen molar-refractivity contribution >= 4 is 30.9 Å². The van der Waals surface area contributed by atoms with Crippen LogP contribution in [0.4, 0.5) is 5.69 Å². The highest BCUT2D eigenvalue weighted by Gasteiger charge is 2.08. The van der Waals surface area contributed by atoms with E-state index in [1.54, 1.807) is 25.3 Å². The van der Waals surface area contributed by atoms with Gasteiger partial charge in [-0.15, -0.1) is 0 Å². The lowest BCUT2D eigenvalue weighted by Crippen LogP contribution is -2.01. The molecular weight excluding hydrogens is 350 g/mol. The van der Waals surface area contributed by atoms with Crippen molar-refractivity contribution in [2.75, 3.05) is 0 Å². The normalized spacial score (nSPS) is 10.1. The molecule has 0 saturated carbocycles. The number of carbonyl (C=O) groups is 2. The smallest absolute Gasteiger partial charge is 0.272 e. The van der Waals surface area contributed by atoms with Gasteiger partial charge in [-0.3, -0.25) is 19.7 Å². The first-order valence-corrected chi connectivity index (χ1v) is 7.74. The van der Waals surface area contributed by atoms with E-state index in [1.165, 1.54) is 17.8 Å². The predicted octanol–water partition coefficient (Wildman–Crippen LogP) is 2.06. The Balaban J connectivity index is 0.000000277. The van der Waals surface area contributed by atoms with Crippen molar-refractivity contribution in [1.82, 2.24) is 10.9 Å². The monoisotopic (exact) mass is 369 g/mol. The summed E-state index contributed by atoms with van der Waals surface area (Å²) in [5.41, 5.74) is 7.78. The van der Waals surface area contributed by atoms with Crippen molar-refractivity contribution in [2.45, 2.75) is 13.8 Å². The average Bonchev–Trinajstić information content (AvgIpc) is 2.64. The van der Waals surface area contributed by atoms with Gasteiger partial charge in [-0.05, 0) is 37.1 Å². The summed E-state index contributed by atoms with van der Waals surface area (Å²) >= 11 is 0. The van der Waals surface area contributed by atoms with Crippen LogP contribution in [0.5, 0.6) is 0 Å². The Hall–Kier alpha value is -3.88. The zero-order valence-electron chi connectivity index (χ0n) is 14.8. The molecule has 0 atom stereocenters. The summed E-state index contributed by atoms with van der Waals surface area (Å²) in [6.07, 6.45) is 3.97. The highest BCUT2D eigenvalue weighted by atomic mass is 16.6. The van der Waals surface area contributed by atoms with Crippen LogP contribution in [0.1, 0.15) is 22.3 Å². The fourth-order valence-electron chi connectivity index (χ4n) is 1.90. The van der Waals surface area contributed by atoms with Gasteiger partial charge in [-0.25, -0.2) is 10.9 Å². The minimum Gasteiger partial charge on any atom is -0.277 e. The van der Waals surface area contributed by atoms with E-state index in [1.807, 2.05) is 31.2 Å². The number of nitro benzene ring substituents is 1. The molecule has 0 bridgehead atoms. The van der Waals surface area contributed by atoms with E-state index < -0.39 is 4.92 Å². The largest absolute Gasteiger partial charge is 0.277 e. The van der Waals surface area contributed by atoms with Crippen LogP contribution in [-0.2, 0) is 9.59 Å². The van der Waals surface area contributed by atoms with Crippen molar-refractivity contribution < 1.29 is 14.5 Å². The molecule has 2 rings (SSSR count). The summed E-state index contributed by atoms with van der Waals surface area (Å²) in [6.45, 7) is 3.66. The maximum Gasteiger partial charge on any atom is 0.272 e. The number of nitrogens with one attached hydrogen (secondary N) is 2. The molecule has 0 saturated heterocycles. The maximum absolute atomic E-state index is 10.5. The fourth-order valence-corrected chi connectivity index (χ4v) is 1.90. The van der Waals surface area contributed by atoms with Gasteiger partial charge in [-0.2, -0.15) is 10.2 Å². The van der Waals surface area contributed by atoms with E-state index in [2.05, 4.69) is 21.1 Å². The van der Waals surface area contributed by atoms with Crippen LogP contribution >= 0.6 is 0 Å². The molecule has 2 aromatic rings. The number of benzene rings is 2. The molecular formula is C18H19N5O4. The minimum atomic E-state index is -0.445. The van der Waals surface area contributed by atoms with Crippen LogP contribution < -0.4 is 10.9 Å². The molecule has 9 heteroatoms. The van der Waals surface area contributed by atoms with Crippen LogP contribution in [0.15, 0.2) is 52.7 Å². The molecule has 0 aromatic heterocycles. The number of nitro groups is 1. The van der Waals surface area contributed by atoms with Crippen molar-refractivity contribution in [3.8, 4) is 0 Å². The molecule has 140 valence electrons. The molecule has 0 fully saturated rings. The van der Waals surface area contributed by atoms with Gasteiger partial charge in [0.15, 0.2) is 0 Å². The number of aryl methyl sites for hydroxylation is 2. The third kappa shape index (κ3) is 8.16. The van der Waals surface area contributed by atoms with Gasteiger partial charge in [0.05, 0.1) is 17.4 Å². The molecule has 0 aliphatic rings. The van der Waals surface area contributed by atoms with Gasteiger partial charge >= 0.3 is 0 Å². The quantitative estimate of drug-likeness (QED) is 0.335. The fraction of sp³-hybridized carbons (Fsp3) is 0.111. The summed E-state index contributed by atoms with van der Waals surface area (Å²) in [7, 11) is 0. The second kappa shape index (κ2) is 11.6. The standard InChI is InChI=1S/C9H9N3O3.C9H10N2O/c1-7-4-8(5-10-11-6-13)2-3-9(7)12(14)15;1-8-2-4-9(5-3-8)6-10-11-7-12/h2-6H,1H3,(H,11,13);2-7H,1H3,(H,11,12). The van der Waals surface area contributed by atoms with Crippen molar-refractivity contribution in [1.29, 1.82) is 0 Å². The van der Waals surface area contributed by atoms with Gasteiger partial charge in [0.1, 0.15) is 0 Å². The lowest BCUT2D eigenvalue weighted by atomic mass is 10.1. The Morgan fingerprint density at radius 2 is 1.41 bits per heavy atom. The van der Waals surface area contributed by atoms with E-state index >= 15 is 0 Å². The SMILES string of the molecule is Cc1cc(C=NNC=O)ccc1[N+](=O)[O-].Cc1ccc(C=NNC=O)cc1. The summed E-state index contributed by atoms with van der Waals surface area (Å²) in [4.78, 5) is 29.8. The Morgan fingerprint density at radius 1 is 0.889 bits per heavy atom. The van der Waals surface area contributed by atoms with Crippen LogP contribution in [-0.4, -0.2) is 30.2 Å². The molecule has 0 heterocycles. The Bertz CT molecular complexity index is 832. The number of nitrogens with zero attached hydrogens (tertiary/aromatic N) is 3. The molecule has 2 amide bonds. The number of amides is 2. The Labute approximate surface area is 155 Å². The number of rotatable bonds is 7. The van der Waals surface area contributed by atoms with E-state index in [9.17, 15) is 19.7 Å². The Kier molecular flexibility index (Phi) is 9.12. The molecule has 0 unspecified atom stereocenters. The summed E-state index contributed by atoms with van der Waals surface area (Å²) < 4.78 is 0. The topological polar surface area (TPSA) is 126 Å². The first-order chi connectivity index (χ1) is 13.0. The Morgan fingerprint density at radius 3 is 1.89 bits per heavy atom. The second-order valence-electron chi connectivity index (χ2n) is 5.22. The molecule has 2 aromatic carbocycles. The lowest BCUT2D eigenvalue weighted by Gasteiger charge is -1.97. The van der Waals surface area contributed by atoms with Gasteiger partial charge in [0.2, 0.25) is 12.8 Å². The van der Waals surface area contributed by atoms with Gasteiger partial charge in [-0.1, -0.05) is 29.8 Å². The molecule has 0 aliphatic carbocycles. The molecule has 2 N–H and O–H groups in total.